The van der Waals surface area contributed by atoms with Crippen LogP contribution in [0.1, 0.15) is 11.1 Å². The van der Waals surface area contributed by atoms with Gasteiger partial charge in [0.25, 0.3) is 0 Å². The molecule has 5 nitrogen and oxygen atoms in total. The molecule has 0 atom stereocenters. The topological polar surface area (TPSA) is 73.1 Å². The number of hydrogen-bond donors (Lipinski definition) is 2. The van der Waals surface area contributed by atoms with Gasteiger partial charge in [-0.2, -0.15) is 4.98 Å². The fourth-order valence-electron chi connectivity index (χ4n) is 3.03. The van der Waals surface area contributed by atoms with E-state index in [-0.39, 0.29) is 0 Å². The largest absolute Gasteiger partial charge is 0.436 e. The van der Waals surface area contributed by atoms with E-state index in [1.165, 1.54) is 11.9 Å². The number of nitrogens with two attached hydrogens (primary N) is 1. The molecule has 0 radical (unpaired) electrons. The fraction of sp³-hybridized carbons (Fsp3) is 0.0909. The van der Waals surface area contributed by atoms with Crippen molar-refractivity contribution in [3.8, 4) is 11.6 Å². The zero-order chi connectivity index (χ0) is 18.8. The molecule has 0 saturated heterocycles. The quantitative estimate of drug-likeness (QED) is 0.514. The minimum Gasteiger partial charge on any atom is -0.436 e. The number of aryl methyl sites for hydroxylation is 2. The van der Waals surface area contributed by atoms with Crippen LogP contribution in [-0.2, 0) is 0 Å². The number of ether oxygens (including phenoxy) is 1. The molecule has 0 bridgehead atoms. The number of benzene rings is 3. The van der Waals surface area contributed by atoms with E-state index in [2.05, 4.69) is 28.3 Å². The van der Waals surface area contributed by atoms with Crippen molar-refractivity contribution in [1.29, 1.82) is 0 Å². The van der Waals surface area contributed by atoms with Gasteiger partial charge >= 0.3 is 0 Å². The Labute approximate surface area is 157 Å². The summed E-state index contributed by atoms with van der Waals surface area (Å²) in [6.45, 7) is 4.10. The summed E-state index contributed by atoms with van der Waals surface area (Å²) in [6.07, 6.45) is 1.45. The van der Waals surface area contributed by atoms with Gasteiger partial charge in [-0.3, -0.25) is 0 Å². The Morgan fingerprint density at radius 2 is 1.74 bits per heavy atom. The van der Waals surface area contributed by atoms with Crippen molar-refractivity contribution >= 4 is 28.0 Å². The Morgan fingerprint density at radius 3 is 2.59 bits per heavy atom. The molecule has 0 fully saturated rings. The molecule has 134 valence electrons. The SMILES string of the molecule is Cc1ccc(Nc2ncnc(Oc3cccc4ccccc34)c2N)c(C)c1. The predicted octanol–water partition coefficient (Wildman–Crippen LogP) is 5.36. The summed E-state index contributed by atoms with van der Waals surface area (Å²) in [5, 5.41) is 5.37. The summed E-state index contributed by atoms with van der Waals surface area (Å²) in [5.74, 6) is 1.55. The van der Waals surface area contributed by atoms with Gasteiger partial charge in [0.1, 0.15) is 17.8 Å². The standard InChI is InChI=1S/C22H20N4O/c1-14-10-11-18(15(2)12-14)26-21-20(23)22(25-13-24-21)27-19-9-5-7-16-6-3-4-8-17(16)19/h3-13H,23H2,1-2H3,(H,24,25,26). The molecule has 0 aliphatic heterocycles. The van der Waals surface area contributed by atoms with Crippen LogP contribution in [0.15, 0.2) is 67.0 Å². The van der Waals surface area contributed by atoms with E-state index < -0.39 is 0 Å². The third kappa shape index (κ3) is 3.40. The van der Waals surface area contributed by atoms with Crippen molar-refractivity contribution < 1.29 is 4.74 Å². The van der Waals surface area contributed by atoms with E-state index >= 15 is 0 Å². The lowest BCUT2D eigenvalue weighted by Crippen LogP contribution is -2.04. The molecule has 1 heterocycles. The lowest BCUT2D eigenvalue weighted by Gasteiger charge is -2.14. The molecule has 4 rings (SSSR count). The van der Waals surface area contributed by atoms with E-state index in [1.54, 1.807) is 0 Å². The predicted molar refractivity (Wildman–Crippen MR) is 110 cm³/mol. The van der Waals surface area contributed by atoms with Crippen LogP contribution in [0.5, 0.6) is 11.6 Å². The Kier molecular flexibility index (Phi) is 4.34. The number of anilines is 3. The van der Waals surface area contributed by atoms with Crippen LogP contribution in [0.25, 0.3) is 10.8 Å². The van der Waals surface area contributed by atoms with Gasteiger partial charge < -0.3 is 15.8 Å². The Balaban J connectivity index is 1.67. The van der Waals surface area contributed by atoms with Gasteiger partial charge in [-0.25, -0.2) is 4.98 Å². The van der Waals surface area contributed by atoms with Gasteiger partial charge in [-0.15, -0.1) is 0 Å². The van der Waals surface area contributed by atoms with Gasteiger partial charge in [-0.1, -0.05) is 54.1 Å². The van der Waals surface area contributed by atoms with E-state index in [9.17, 15) is 0 Å². The maximum atomic E-state index is 6.29. The van der Waals surface area contributed by atoms with E-state index in [0.29, 0.717) is 23.1 Å². The highest BCUT2D eigenvalue weighted by Crippen LogP contribution is 2.34. The second-order valence-corrected chi connectivity index (χ2v) is 6.46. The molecule has 3 aromatic carbocycles. The van der Waals surface area contributed by atoms with Gasteiger partial charge in [-0.05, 0) is 36.9 Å². The van der Waals surface area contributed by atoms with Crippen molar-refractivity contribution in [2.75, 3.05) is 11.1 Å². The van der Waals surface area contributed by atoms with Crippen LogP contribution in [0.3, 0.4) is 0 Å². The Morgan fingerprint density at radius 1 is 0.926 bits per heavy atom. The number of nitrogen functional groups attached to an aromatic ring is 1. The first-order chi connectivity index (χ1) is 13.1. The summed E-state index contributed by atoms with van der Waals surface area (Å²) in [6, 6.07) is 20.1. The van der Waals surface area contributed by atoms with Crippen LogP contribution in [-0.4, -0.2) is 9.97 Å². The molecule has 0 saturated carbocycles. The van der Waals surface area contributed by atoms with Crippen molar-refractivity contribution in [3.05, 3.63) is 78.1 Å². The van der Waals surface area contributed by atoms with Crippen molar-refractivity contribution in [2.24, 2.45) is 0 Å². The number of fused-ring (bicyclic) bond motifs is 1. The third-order valence-electron chi connectivity index (χ3n) is 4.44. The average Bonchev–Trinajstić information content (AvgIpc) is 2.67. The van der Waals surface area contributed by atoms with E-state index in [1.807, 2.05) is 61.5 Å². The Bertz CT molecular complexity index is 1120. The normalized spacial score (nSPS) is 10.7. The van der Waals surface area contributed by atoms with Crippen LogP contribution in [0, 0.1) is 13.8 Å². The molecule has 0 aliphatic rings. The minimum atomic E-state index is 0.327. The molecule has 0 spiro atoms. The molecular weight excluding hydrogens is 336 g/mol. The number of hydrogen-bond acceptors (Lipinski definition) is 5. The van der Waals surface area contributed by atoms with Gasteiger partial charge in [0.05, 0.1) is 0 Å². The van der Waals surface area contributed by atoms with Crippen molar-refractivity contribution in [2.45, 2.75) is 13.8 Å². The molecule has 5 heteroatoms. The molecule has 4 aromatic rings. The number of nitrogens with one attached hydrogen (secondary N) is 1. The maximum Gasteiger partial charge on any atom is 0.248 e. The lowest BCUT2D eigenvalue weighted by atomic mass is 10.1. The second-order valence-electron chi connectivity index (χ2n) is 6.46. The fourth-order valence-corrected chi connectivity index (χ4v) is 3.03. The first-order valence-electron chi connectivity index (χ1n) is 8.72. The number of rotatable bonds is 4. The van der Waals surface area contributed by atoms with E-state index in [0.717, 1.165) is 22.0 Å². The Hall–Kier alpha value is -3.60. The zero-order valence-corrected chi connectivity index (χ0v) is 15.2. The van der Waals surface area contributed by atoms with Crippen LogP contribution in [0.2, 0.25) is 0 Å². The highest BCUT2D eigenvalue weighted by atomic mass is 16.5. The molecule has 0 aliphatic carbocycles. The highest BCUT2D eigenvalue weighted by molar-refractivity contribution is 5.88. The molecular formula is C22H20N4O. The summed E-state index contributed by atoms with van der Waals surface area (Å²) in [5.41, 5.74) is 9.92. The average molecular weight is 356 g/mol. The molecule has 3 N–H and O–H groups in total. The van der Waals surface area contributed by atoms with Crippen LogP contribution < -0.4 is 15.8 Å². The first-order valence-corrected chi connectivity index (χ1v) is 8.72. The van der Waals surface area contributed by atoms with Gasteiger partial charge in [0.2, 0.25) is 5.88 Å². The summed E-state index contributed by atoms with van der Waals surface area (Å²) < 4.78 is 6.03. The summed E-state index contributed by atoms with van der Waals surface area (Å²) >= 11 is 0. The molecule has 1 aromatic heterocycles. The monoisotopic (exact) mass is 356 g/mol. The number of aromatic nitrogens is 2. The third-order valence-corrected chi connectivity index (χ3v) is 4.44. The van der Waals surface area contributed by atoms with Crippen molar-refractivity contribution in [3.63, 3.8) is 0 Å². The first kappa shape index (κ1) is 16.8. The zero-order valence-electron chi connectivity index (χ0n) is 15.2. The molecule has 27 heavy (non-hydrogen) atoms. The maximum absolute atomic E-state index is 6.29. The molecule has 0 unspecified atom stereocenters. The summed E-state index contributed by atoms with van der Waals surface area (Å²) in [4.78, 5) is 8.50. The summed E-state index contributed by atoms with van der Waals surface area (Å²) in [7, 11) is 0. The van der Waals surface area contributed by atoms with Gasteiger partial charge in [0.15, 0.2) is 5.82 Å². The number of nitrogens with zero attached hydrogens (tertiary/aromatic N) is 2. The van der Waals surface area contributed by atoms with Crippen LogP contribution >= 0.6 is 0 Å². The van der Waals surface area contributed by atoms with Gasteiger partial charge in [0, 0.05) is 11.1 Å². The lowest BCUT2D eigenvalue weighted by molar-refractivity contribution is 0.470. The molecule has 0 amide bonds. The van der Waals surface area contributed by atoms with Crippen LogP contribution in [0.4, 0.5) is 17.2 Å². The van der Waals surface area contributed by atoms with E-state index in [4.69, 9.17) is 10.5 Å². The van der Waals surface area contributed by atoms with Crippen molar-refractivity contribution in [1.82, 2.24) is 9.97 Å². The highest BCUT2D eigenvalue weighted by Gasteiger charge is 2.13. The minimum absolute atomic E-state index is 0.327. The second kappa shape index (κ2) is 6.96. The smallest absolute Gasteiger partial charge is 0.248 e.